The Bertz CT molecular complexity index is 732. The summed E-state index contributed by atoms with van der Waals surface area (Å²) < 4.78 is 5.20. The first-order valence-corrected chi connectivity index (χ1v) is 9.18. The van der Waals surface area contributed by atoms with Crippen LogP contribution in [0.25, 0.3) is 0 Å². The maximum Gasteiger partial charge on any atom is 0.229 e. The summed E-state index contributed by atoms with van der Waals surface area (Å²) in [5.74, 6) is 1.16. The Labute approximate surface area is 148 Å². The maximum absolute atomic E-state index is 11.0. The molecule has 6 nitrogen and oxygen atoms in total. The monoisotopic (exact) mass is 342 g/mol. The fourth-order valence-electron chi connectivity index (χ4n) is 4.14. The van der Waals surface area contributed by atoms with Crippen molar-refractivity contribution < 1.29 is 9.63 Å². The molecule has 3 heterocycles. The van der Waals surface area contributed by atoms with E-state index in [9.17, 15) is 5.11 Å². The lowest BCUT2D eigenvalue weighted by molar-refractivity contribution is -0.0340. The van der Waals surface area contributed by atoms with Gasteiger partial charge in [0, 0.05) is 31.9 Å². The molecule has 1 atom stereocenters. The van der Waals surface area contributed by atoms with Gasteiger partial charge < -0.3 is 14.5 Å². The van der Waals surface area contributed by atoms with Crippen molar-refractivity contribution in [3.63, 3.8) is 0 Å². The van der Waals surface area contributed by atoms with Crippen molar-refractivity contribution in [2.45, 2.75) is 38.2 Å². The first-order chi connectivity index (χ1) is 12.1. The number of likely N-dealkylation sites (tertiary alicyclic amines) is 1. The van der Waals surface area contributed by atoms with Gasteiger partial charge in [0.15, 0.2) is 5.82 Å². The largest absolute Gasteiger partial charge is 0.388 e. The Hall–Kier alpha value is -1.92. The lowest BCUT2D eigenvalue weighted by atomic mass is 9.89. The Morgan fingerprint density at radius 2 is 2.12 bits per heavy atom. The highest BCUT2D eigenvalue weighted by Gasteiger charge is 2.35. The van der Waals surface area contributed by atoms with Gasteiger partial charge in [-0.05, 0) is 44.4 Å². The number of nitrogens with zero attached hydrogens (tertiary/aromatic N) is 4. The summed E-state index contributed by atoms with van der Waals surface area (Å²) in [6.45, 7) is 6.59. The van der Waals surface area contributed by atoms with E-state index in [1.165, 1.54) is 11.3 Å². The van der Waals surface area contributed by atoms with E-state index in [1.807, 2.05) is 0 Å². The van der Waals surface area contributed by atoms with Crippen molar-refractivity contribution in [1.82, 2.24) is 15.0 Å². The van der Waals surface area contributed by atoms with Gasteiger partial charge in [0.1, 0.15) is 0 Å². The predicted molar refractivity (Wildman–Crippen MR) is 95.7 cm³/mol. The van der Waals surface area contributed by atoms with E-state index < -0.39 is 5.60 Å². The van der Waals surface area contributed by atoms with E-state index in [2.05, 4.69) is 44.2 Å². The van der Waals surface area contributed by atoms with Gasteiger partial charge >= 0.3 is 0 Å². The van der Waals surface area contributed by atoms with Crippen LogP contribution < -0.4 is 4.90 Å². The second-order valence-electron chi connectivity index (χ2n) is 7.38. The number of fused-ring (bicyclic) bond motifs is 1. The van der Waals surface area contributed by atoms with Gasteiger partial charge in [-0.25, -0.2) is 0 Å². The highest BCUT2D eigenvalue weighted by atomic mass is 16.5. The number of piperidine rings is 1. The minimum absolute atomic E-state index is 0.441. The van der Waals surface area contributed by atoms with Crippen LogP contribution >= 0.6 is 0 Å². The van der Waals surface area contributed by atoms with E-state index in [1.54, 1.807) is 6.92 Å². The molecule has 2 aliphatic heterocycles. The molecule has 134 valence electrons. The molecule has 2 aromatic rings. The number of anilines is 1. The molecule has 1 aromatic carbocycles. The number of aliphatic hydroxyl groups is 1. The summed E-state index contributed by atoms with van der Waals surface area (Å²) in [7, 11) is 0. The van der Waals surface area contributed by atoms with E-state index in [0.717, 1.165) is 45.4 Å². The zero-order valence-electron chi connectivity index (χ0n) is 14.8. The van der Waals surface area contributed by atoms with Gasteiger partial charge in [-0.1, -0.05) is 23.4 Å². The molecule has 25 heavy (non-hydrogen) atoms. The number of aryl methyl sites for hydroxylation is 1. The predicted octanol–water partition coefficient (Wildman–Crippen LogP) is 1.81. The number of aromatic nitrogens is 2. The summed E-state index contributed by atoms with van der Waals surface area (Å²) in [5.41, 5.74) is 2.06. The van der Waals surface area contributed by atoms with Crippen LogP contribution in [0.1, 0.15) is 30.1 Å². The molecule has 0 radical (unpaired) electrons. The van der Waals surface area contributed by atoms with Crippen LogP contribution in [0.4, 0.5) is 5.69 Å². The molecule has 1 fully saturated rings. The lowest BCUT2D eigenvalue weighted by Crippen LogP contribution is -2.51. The van der Waals surface area contributed by atoms with Crippen molar-refractivity contribution >= 4 is 5.69 Å². The minimum atomic E-state index is -0.764. The van der Waals surface area contributed by atoms with Crippen molar-refractivity contribution in [3.8, 4) is 0 Å². The summed E-state index contributed by atoms with van der Waals surface area (Å²) in [6, 6.07) is 8.67. The average molecular weight is 342 g/mol. The van der Waals surface area contributed by atoms with Gasteiger partial charge in [-0.3, -0.25) is 4.90 Å². The van der Waals surface area contributed by atoms with Crippen LogP contribution in [-0.4, -0.2) is 58.5 Å². The molecule has 0 amide bonds. The molecule has 0 bridgehead atoms. The minimum Gasteiger partial charge on any atom is -0.388 e. The third-order valence-electron chi connectivity index (χ3n) is 5.35. The number of rotatable bonds is 5. The van der Waals surface area contributed by atoms with Crippen molar-refractivity contribution in [1.29, 1.82) is 0 Å². The number of para-hydroxylation sites is 1. The third-order valence-corrected chi connectivity index (χ3v) is 5.35. The highest BCUT2D eigenvalue weighted by molar-refractivity contribution is 5.57. The Balaban J connectivity index is 1.34. The molecule has 1 N–H and O–H groups in total. The number of hydrogen-bond donors (Lipinski definition) is 1. The molecule has 0 spiro atoms. The fraction of sp³-hybridized carbons (Fsp3) is 0.579. The molecule has 1 saturated heterocycles. The Morgan fingerprint density at radius 1 is 1.24 bits per heavy atom. The number of β-amino-alcohol motifs (C(OH)–C–C–N with tert-alkyl or cyclic N) is 1. The second kappa shape index (κ2) is 6.77. The van der Waals surface area contributed by atoms with E-state index in [0.29, 0.717) is 24.7 Å². The summed E-state index contributed by atoms with van der Waals surface area (Å²) >= 11 is 0. The molecule has 4 rings (SSSR count). The first-order valence-electron chi connectivity index (χ1n) is 9.18. The van der Waals surface area contributed by atoms with Crippen molar-refractivity contribution in [2.24, 2.45) is 0 Å². The Kier molecular flexibility index (Phi) is 4.48. The SMILES string of the molecule is Cc1noc(CC2(O)CCCN(CCN3CCc4ccccc43)C2)n1. The highest BCUT2D eigenvalue weighted by Crippen LogP contribution is 2.28. The summed E-state index contributed by atoms with van der Waals surface area (Å²) in [5, 5.41) is 14.8. The summed E-state index contributed by atoms with van der Waals surface area (Å²) in [4.78, 5) is 9.08. The zero-order chi connectivity index (χ0) is 17.3. The van der Waals surface area contributed by atoms with Gasteiger partial charge in [0.2, 0.25) is 5.89 Å². The molecule has 1 aromatic heterocycles. The molecule has 2 aliphatic rings. The average Bonchev–Trinajstić information content (AvgIpc) is 3.19. The standard InChI is InChI=1S/C19H26N4O2/c1-15-20-18(25-21-15)13-19(24)8-4-9-22(14-19)11-12-23-10-7-16-5-2-3-6-17(16)23/h2-3,5-6,24H,4,7-14H2,1H3. The topological polar surface area (TPSA) is 65.6 Å². The van der Waals surface area contributed by atoms with Gasteiger partial charge in [0.25, 0.3) is 0 Å². The van der Waals surface area contributed by atoms with Crippen LogP contribution in [-0.2, 0) is 12.8 Å². The Morgan fingerprint density at radius 3 is 2.96 bits per heavy atom. The molecular formula is C19H26N4O2. The first kappa shape index (κ1) is 16.5. The smallest absolute Gasteiger partial charge is 0.229 e. The number of hydrogen-bond acceptors (Lipinski definition) is 6. The molecule has 1 unspecified atom stereocenters. The second-order valence-corrected chi connectivity index (χ2v) is 7.38. The molecule has 0 saturated carbocycles. The van der Waals surface area contributed by atoms with Crippen LogP contribution in [0.5, 0.6) is 0 Å². The molecule has 6 heteroatoms. The lowest BCUT2D eigenvalue weighted by Gasteiger charge is -2.39. The number of benzene rings is 1. The quantitative estimate of drug-likeness (QED) is 0.894. The van der Waals surface area contributed by atoms with Crippen LogP contribution in [0, 0.1) is 6.92 Å². The van der Waals surface area contributed by atoms with Crippen molar-refractivity contribution in [2.75, 3.05) is 37.6 Å². The normalized spacial score (nSPS) is 23.8. The van der Waals surface area contributed by atoms with Crippen LogP contribution in [0.3, 0.4) is 0 Å². The van der Waals surface area contributed by atoms with Gasteiger partial charge in [0.05, 0.1) is 12.0 Å². The van der Waals surface area contributed by atoms with E-state index >= 15 is 0 Å². The maximum atomic E-state index is 11.0. The van der Waals surface area contributed by atoms with Gasteiger partial charge in [-0.15, -0.1) is 0 Å². The fourth-order valence-corrected chi connectivity index (χ4v) is 4.14. The van der Waals surface area contributed by atoms with Crippen LogP contribution in [0.15, 0.2) is 28.8 Å². The van der Waals surface area contributed by atoms with E-state index in [-0.39, 0.29) is 0 Å². The van der Waals surface area contributed by atoms with Crippen LogP contribution in [0.2, 0.25) is 0 Å². The van der Waals surface area contributed by atoms with E-state index in [4.69, 9.17) is 4.52 Å². The zero-order valence-corrected chi connectivity index (χ0v) is 14.8. The molecule has 0 aliphatic carbocycles. The van der Waals surface area contributed by atoms with Gasteiger partial charge in [-0.2, -0.15) is 4.98 Å². The van der Waals surface area contributed by atoms with Crippen molar-refractivity contribution in [3.05, 3.63) is 41.5 Å². The molecular weight excluding hydrogens is 316 g/mol. The summed E-state index contributed by atoms with van der Waals surface area (Å²) in [6.07, 6.45) is 3.37. The third kappa shape index (κ3) is 3.70.